The van der Waals surface area contributed by atoms with Gasteiger partial charge in [0.25, 0.3) is 5.91 Å². The molecule has 0 radical (unpaired) electrons. The van der Waals surface area contributed by atoms with Gasteiger partial charge in [-0.2, -0.15) is 0 Å². The Hall–Kier alpha value is -2.15. The number of esters is 1. The van der Waals surface area contributed by atoms with Gasteiger partial charge in [-0.15, -0.1) is 0 Å². The number of carbonyl (C=O) groups excluding carboxylic acids is 2. The number of rotatable bonds is 5. The minimum Gasteiger partial charge on any atom is -0.480 e. The molecule has 102 valence electrons. The van der Waals surface area contributed by atoms with Gasteiger partial charge in [0.15, 0.2) is 0 Å². The predicted octanol–water partition coefficient (Wildman–Crippen LogP) is 0.481. The second kappa shape index (κ2) is 6.69. The van der Waals surface area contributed by atoms with Crippen molar-refractivity contribution in [3.63, 3.8) is 0 Å². The van der Waals surface area contributed by atoms with Gasteiger partial charge in [-0.3, -0.25) is 14.6 Å². The van der Waals surface area contributed by atoms with Gasteiger partial charge in [0.05, 0.1) is 24.1 Å². The van der Waals surface area contributed by atoms with Crippen LogP contribution in [-0.4, -0.2) is 41.1 Å². The minimum atomic E-state index is -1.39. The maximum absolute atomic E-state index is 11.8. The Labute approximate surface area is 113 Å². The van der Waals surface area contributed by atoms with E-state index in [1.54, 1.807) is 0 Å². The molecular weight excluding hydrogens is 276 g/mol. The molecule has 0 spiro atoms. The molecule has 1 heterocycles. The highest BCUT2D eigenvalue weighted by Gasteiger charge is 2.24. The van der Waals surface area contributed by atoms with Gasteiger partial charge < -0.3 is 15.2 Å². The van der Waals surface area contributed by atoms with Crippen molar-refractivity contribution < 1.29 is 24.2 Å². The number of hydrogen-bond acceptors (Lipinski definition) is 5. The molecule has 0 aliphatic rings. The number of ether oxygens (including phenoxy) is 1. The van der Waals surface area contributed by atoms with Crippen LogP contribution in [0.15, 0.2) is 18.5 Å². The fourth-order valence-electron chi connectivity index (χ4n) is 1.25. The van der Waals surface area contributed by atoms with Crippen LogP contribution >= 0.6 is 11.6 Å². The number of aliphatic carboxylic acids is 1. The summed E-state index contributed by atoms with van der Waals surface area (Å²) in [6.07, 6.45) is 2.13. The SMILES string of the molecule is COC(=O)C[C@H](NC(=O)c1ccncc1Cl)C(=O)O. The van der Waals surface area contributed by atoms with Crippen LogP contribution in [0.4, 0.5) is 0 Å². The van der Waals surface area contributed by atoms with Crippen LogP contribution < -0.4 is 5.32 Å². The van der Waals surface area contributed by atoms with Crippen LogP contribution in [0.25, 0.3) is 0 Å². The van der Waals surface area contributed by atoms with E-state index >= 15 is 0 Å². The maximum Gasteiger partial charge on any atom is 0.326 e. The van der Waals surface area contributed by atoms with Crippen molar-refractivity contribution in [3.8, 4) is 0 Å². The number of carboxylic acids is 1. The molecule has 1 amide bonds. The van der Waals surface area contributed by atoms with Crippen molar-refractivity contribution in [2.75, 3.05) is 7.11 Å². The number of amides is 1. The number of hydrogen-bond donors (Lipinski definition) is 2. The summed E-state index contributed by atoms with van der Waals surface area (Å²) >= 11 is 5.75. The number of aromatic nitrogens is 1. The number of halogens is 1. The quantitative estimate of drug-likeness (QED) is 0.763. The largest absolute Gasteiger partial charge is 0.480 e. The van der Waals surface area contributed by atoms with E-state index in [-0.39, 0.29) is 10.6 Å². The molecule has 7 nitrogen and oxygen atoms in total. The lowest BCUT2D eigenvalue weighted by molar-refractivity contribution is -0.147. The maximum atomic E-state index is 11.8. The van der Waals surface area contributed by atoms with Crippen LogP contribution in [-0.2, 0) is 14.3 Å². The molecule has 0 unspecified atom stereocenters. The summed E-state index contributed by atoms with van der Waals surface area (Å²) in [7, 11) is 1.13. The number of carbonyl (C=O) groups is 3. The molecule has 0 fully saturated rings. The van der Waals surface area contributed by atoms with Gasteiger partial charge in [0.2, 0.25) is 0 Å². The van der Waals surface area contributed by atoms with Crippen LogP contribution in [0.2, 0.25) is 5.02 Å². The molecule has 0 saturated heterocycles. The number of carboxylic acid groups (broad SMARTS) is 1. The van der Waals surface area contributed by atoms with Crippen molar-refractivity contribution in [1.29, 1.82) is 0 Å². The van der Waals surface area contributed by atoms with Crippen molar-refractivity contribution in [2.24, 2.45) is 0 Å². The summed E-state index contributed by atoms with van der Waals surface area (Å²) in [5.41, 5.74) is 0.0767. The summed E-state index contributed by atoms with van der Waals surface area (Å²) in [5, 5.41) is 11.2. The fraction of sp³-hybridized carbons (Fsp3) is 0.273. The van der Waals surface area contributed by atoms with E-state index in [1.807, 2.05) is 0 Å². The summed E-state index contributed by atoms with van der Waals surface area (Å²) in [6.45, 7) is 0. The zero-order valence-electron chi connectivity index (χ0n) is 9.92. The van der Waals surface area contributed by atoms with E-state index in [2.05, 4.69) is 15.0 Å². The minimum absolute atomic E-state index is 0.0767. The Morgan fingerprint density at radius 3 is 2.74 bits per heavy atom. The third-order valence-corrected chi connectivity index (χ3v) is 2.52. The number of nitrogens with zero attached hydrogens (tertiary/aromatic N) is 1. The van der Waals surface area contributed by atoms with E-state index in [0.717, 1.165) is 7.11 Å². The molecule has 19 heavy (non-hydrogen) atoms. The Morgan fingerprint density at radius 1 is 1.53 bits per heavy atom. The van der Waals surface area contributed by atoms with Gasteiger partial charge in [0.1, 0.15) is 6.04 Å². The van der Waals surface area contributed by atoms with Crippen molar-refractivity contribution in [3.05, 3.63) is 29.0 Å². The van der Waals surface area contributed by atoms with Crippen molar-refractivity contribution >= 4 is 29.4 Å². The van der Waals surface area contributed by atoms with Gasteiger partial charge in [-0.05, 0) is 6.07 Å². The highest BCUT2D eigenvalue weighted by molar-refractivity contribution is 6.33. The van der Waals surface area contributed by atoms with Crippen LogP contribution in [0.5, 0.6) is 0 Å². The highest BCUT2D eigenvalue weighted by Crippen LogP contribution is 2.13. The molecule has 0 bridgehead atoms. The standard InChI is InChI=1S/C11H11ClN2O5/c1-19-9(15)4-8(11(17)18)14-10(16)6-2-3-13-5-7(6)12/h2-3,5,8H,4H2,1H3,(H,14,16)(H,17,18)/t8-/m0/s1. The molecule has 2 N–H and O–H groups in total. The Kier molecular flexibility index (Phi) is 5.25. The first-order valence-electron chi connectivity index (χ1n) is 5.15. The normalized spacial score (nSPS) is 11.5. The van der Waals surface area contributed by atoms with Crippen LogP contribution in [0.1, 0.15) is 16.8 Å². The second-order valence-corrected chi connectivity index (χ2v) is 3.91. The van der Waals surface area contributed by atoms with Gasteiger partial charge in [-0.25, -0.2) is 4.79 Å². The number of methoxy groups -OCH3 is 1. The molecule has 1 atom stereocenters. The molecule has 1 aromatic heterocycles. The molecule has 1 aromatic rings. The molecular formula is C11H11ClN2O5. The first-order valence-corrected chi connectivity index (χ1v) is 5.53. The average Bonchev–Trinajstić information content (AvgIpc) is 2.37. The summed E-state index contributed by atoms with van der Waals surface area (Å²) < 4.78 is 4.35. The zero-order valence-corrected chi connectivity index (χ0v) is 10.7. The van der Waals surface area contributed by atoms with Gasteiger partial charge in [-0.1, -0.05) is 11.6 Å². The molecule has 1 rings (SSSR count). The van der Waals surface area contributed by atoms with E-state index in [9.17, 15) is 14.4 Å². The predicted molar refractivity (Wildman–Crippen MR) is 64.8 cm³/mol. The van der Waals surface area contributed by atoms with E-state index in [1.165, 1.54) is 18.5 Å². The number of nitrogens with one attached hydrogen (secondary N) is 1. The molecule has 0 saturated carbocycles. The first-order chi connectivity index (χ1) is 8.95. The van der Waals surface area contributed by atoms with Crippen LogP contribution in [0.3, 0.4) is 0 Å². The van der Waals surface area contributed by atoms with E-state index in [0.29, 0.717) is 0 Å². The van der Waals surface area contributed by atoms with E-state index < -0.39 is 30.3 Å². The average molecular weight is 287 g/mol. The lowest BCUT2D eigenvalue weighted by Gasteiger charge is -2.13. The summed E-state index contributed by atoms with van der Waals surface area (Å²) in [5.74, 6) is -2.79. The lowest BCUT2D eigenvalue weighted by atomic mass is 10.2. The third-order valence-electron chi connectivity index (χ3n) is 2.22. The van der Waals surface area contributed by atoms with Crippen molar-refractivity contribution in [1.82, 2.24) is 10.3 Å². The second-order valence-electron chi connectivity index (χ2n) is 3.50. The van der Waals surface area contributed by atoms with Crippen LogP contribution in [0, 0.1) is 0 Å². The topological polar surface area (TPSA) is 106 Å². The fourth-order valence-corrected chi connectivity index (χ4v) is 1.45. The molecule has 8 heteroatoms. The Balaban J connectivity index is 2.80. The summed E-state index contributed by atoms with van der Waals surface area (Å²) in [4.78, 5) is 37.5. The Bertz CT molecular complexity index is 506. The first kappa shape index (κ1) is 14.9. The zero-order chi connectivity index (χ0) is 14.4. The lowest BCUT2D eigenvalue weighted by Crippen LogP contribution is -2.42. The Morgan fingerprint density at radius 2 is 2.21 bits per heavy atom. The van der Waals surface area contributed by atoms with Crippen molar-refractivity contribution in [2.45, 2.75) is 12.5 Å². The molecule has 0 aliphatic heterocycles. The third kappa shape index (κ3) is 4.22. The monoisotopic (exact) mass is 286 g/mol. The van der Waals surface area contributed by atoms with Gasteiger partial charge >= 0.3 is 11.9 Å². The molecule has 0 aromatic carbocycles. The summed E-state index contributed by atoms with van der Waals surface area (Å²) in [6, 6.07) is -0.0430. The van der Waals surface area contributed by atoms with E-state index in [4.69, 9.17) is 16.7 Å². The highest BCUT2D eigenvalue weighted by atomic mass is 35.5. The smallest absolute Gasteiger partial charge is 0.326 e. The number of pyridine rings is 1. The molecule has 0 aliphatic carbocycles. The van der Waals surface area contributed by atoms with Gasteiger partial charge in [0, 0.05) is 12.4 Å².